The lowest BCUT2D eigenvalue weighted by Crippen LogP contribution is -2.32. The SMILES string of the molecule is CCCCCCCCC(OC)C(CC(=O)c1ccccc1)OC. The summed E-state index contributed by atoms with van der Waals surface area (Å²) in [7, 11) is 3.37. The molecule has 0 aliphatic carbocycles. The fourth-order valence-electron chi connectivity index (χ4n) is 2.87. The maximum absolute atomic E-state index is 12.3. The number of carbonyl (C=O) groups is 1. The van der Waals surface area contributed by atoms with Crippen molar-refractivity contribution in [3.8, 4) is 0 Å². The average molecular weight is 320 g/mol. The van der Waals surface area contributed by atoms with Crippen LogP contribution >= 0.6 is 0 Å². The van der Waals surface area contributed by atoms with E-state index < -0.39 is 0 Å². The van der Waals surface area contributed by atoms with Crippen LogP contribution in [0.15, 0.2) is 30.3 Å². The van der Waals surface area contributed by atoms with E-state index in [4.69, 9.17) is 9.47 Å². The summed E-state index contributed by atoms with van der Waals surface area (Å²) in [6, 6.07) is 9.40. The highest BCUT2D eigenvalue weighted by Gasteiger charge is 2.24. The monoisotopic (exact) mass is 320 g/mol. The zero-order valence-electron chi connectivity index (χ0n) is 14.9. The molecule has 1 aromatic rings. The predicted octanol–water partition coefficient (Wildman–Crippen LogP) is 5.04. The topological polar surface area (TPSA) is 35.5 Å². The van der Waals surface area contributed by atoms with Gasteiger partial charge in [-0.15, -0.1) is 0 Å². The van der Waals surface area contributed by atoms with Gasteiger partial charge in [0.15, 0.2) is 5.78 Å². The minimum Gasteiger partial charge on any atom is -0.379 e. The molecule has 3 nitrogen and oxygen atoms in total. The fraction of sp³-hybridized carbons (Fsp3) is 0.650. The van der Waals surface area contributed by atoms with Crippen molar-refractivity contribution < 1.29 is 14.3 Å². The van der Waals surface area contributed by atoms with Crippen molar-refractivity contribution in [3.63, 3.8) is 0 Å². The Morgan fingerprint density at radius 3 is 2.13 bits per heavy atom. The molecule has 0 aliphatic heterocycles. The molecule has 0 aromatic heterocycles. The highest BCUT2D eigenvalue weighted by Crippen LogP contribution is 2.18. The van der Waals surface area contributed by atoms with Crippen LogP contribution in [0, 0.1) is 0 Å². The van der Waals surface area contributed by atoms with Crippen molar-refractivity contribution in [2.45, 2.75) is 70.5 Å². The van der Waals surface area contributed by atoms with Crippen molar-refractivity contribution in [1.29, 1.82) is 0 Å². The van der Waals surface area contributed by atoms with E-state index in [1.807, 2.05) is 30.3 Å². The molecule has 0 N–H and O–H groups in total. The molecule has 0 saturated heterocycles. The number of ketones is 1. The molecular weight excluding hydrogens is 288 g/mol. The van der Waals surface area contributed by atoms with Gasteiger partial charge in [0, 0.05) is 26.2 Å². The second kappa shape index (κ2) is 12.3. The molecule has 3 heteroatoms. The van der Waals surface area contributed by atoms with Crippen molar-refractivity contribution in [3.05, 3.63) is 35.9 Å². The van der Waals surface area contributed by atoms with Gasteiger partial charge in [0.1, 0.15) is 0 Å². The summed E-state index contributed by atoms with van der Waals surface area (Å²) in [5.41, 5.74) is 0.740. The van der Waals surface area contributed by atoms with Gasteiger partial charge in [-0.25, -0.2) is 0 Å². The largest absolute Gasteiger partial charge is 0.379 e. The number of Topliss-reactive ketones (excluding diaryl/α,β-unsaturated/α-hetero) is 1. The summed E-state index contributed by atoms with van der Waals surface area (Å²) < 4.78 is 11.1. The quantitative estimate of drug-likeness (QED) is 0.377. The Kier molecular flexibility index (Phi) is 10.6. The van der Waals surface area contributed by atoms with Crippen LogP contribution in [0.5, 0.6) is 0 Å². The second-order valence-electron chi connectivity index (χ2n) is 6.10. The minimum atomic E-state index is -0.177. The normalized spacial score (nSPS) is 13.7. The lowest BCUT2D eigenvalue weighted by Gasteiger charge is -2.24. The van der Waals surface area contributed by atoms with Gasteiger partial charge in [-0.2, -0.15) is 0 Å². The number of unbranched alkanes of at least 4 members (excludes halogenated alkanes) is 5. The van der Waals surface area contributed by atoms with Gasteiger partial charge in [0.05, 0.1) is 12.2 Å². The maximum atomic E-state index is 12.3. The first-order chi connectivity index (χ1) is 11.2. The molecule has 0 heterocycles. The van der Waals surface area contributed by atoms with Gasteiger partial charge in [-0.3, -0.25) is 4.79 Å². The van der Waals surface area contributed by atoms with Crippen LogP contribution in [-0.2, 0) is 9.47 Å². The Bertz CT molecular complexity index is 416. The van der Waals surface area contributed by atoms with E-state index in [1.54, 1.807) is 14.2 Å². The van der Waals surface area contributed by atoms with Crippen LogP contribution in [0.1, 0.15) is 68.6 Å². The van der Waals surface area contributed by atoms with Crippen LogP contribution in [-0.4, -0.2) is 32.2 Å². The van der Waals surface area contributed by atoms with Crippen LogP contribution in [0.4, 0.5) is 0 Å². The van der Waals surface area contributed by atoms with E-state index in [9.17, 15) is 4.79 Å². The number of hydrogen-bond acceptors (Lipinski definition) is 3. The molecule has 2 atom stereocenters. The van der Waals surface area contributed by atoms with E-state index in [0.29, 0.717) is 6.42 Å². The van der Waals surface area contributed by atoms with E-state index in [2.05, 4.69) is 6.92 Å². The van der Waals surface area contributed by atoms with E-state index in [0.717, 1.165) is 18.4 Å². The zero-order chi connectivity index (χ0) is 16.9. The van der Waals surface area contributed by atoms with E-state index >= 15 is 0 Å². The average Bonchev–Trinajstić information content (AvgIpc) is 2.60. The number of methoxy groups -OCH3 is 2. The molecule has 1 aromatic carbocycles. The Labute approximate surface area is 141 Å². The third kappa shape index (κ3) is 7.76. The van der Waals surface area contributed by atoms with Crippen molar-refractivity contribution in [2.75, 3.05) is 14.2 Å². The lowest BCUT2D eigenvalue weighted by molar-refractivity contribution is -0.0405. The first-order valence-electron chi connectivity index (χ1n) is 8.86. The molecule has 1 rings (SSSR count). The predicted molar refractivity (Wildman–Crippen MR) is 95.0 cm³/mol. The minimum absolute atomic E-state index is 0.0150. The van der Waals surface area contributed by atoms with Gasteiger partial charge >= 0.3 is 0 Å². The van der Waals surface area contributed by atoms with E-state index in [1.165, 1.54) is 32.1 Å². The lowest BCUT2D eigenvalue weighted by atomic mass is 9.98. The van der Waals surface area contributed by atoms with Gasteiger partial charge in [-0.1, -0.05) is 75.8 Å². The van der Waals surface area contributed by atoms with Crippen LogP contribution < -0.4 is 0 Å². The first kappa shape index (κ1) is 19.9. The highest BCUT2D eigenvalue weighted by molar-refractivity contribution is 5.96. The summed E-state index contributed by atoms with van der Waals surface area (Å²) in [6.07, 6.45) is 8.66. The summed E-state index contributed by atoms with van der Waals surface area (Å²) >= 11 is 0. The summed E-state index contributed by atoms with van der Waals surface area (Å²) in [5.74, 6) is 0.113. The van der Waals surface area contributed by atoms with Gasteiger partial charge in [0.25, 0.3) is 0 Å². The molecule has 0 amide bonds. The third-order valence-electron chi connectivity index (χ3n) is 4.34. The second-order valence-corrected chi connectivity index (χ2v) is 6.10. The number of benzene rings is 1. The van der Waals surface area contributed by atoms with Gasteiger partial charge in [0.2, 0.25) is 0 Å². The highest BCUT2D eigenvalue weighted by atomic mass is 16.5. The first-order valence-corrected chi connectivity index (χ1v) is 8.86. The van der Waals surface area contributed by atoms with E-state index in [-0.39, 0.29) is 18.0 Å². The van der Waals surface area contributed by atoms with Crippen LogP contribution in [0.2, 0.25) is 0 Å². The molecule has 0 fully saturated rings. The molecule has 0 bridgehead atoms. The molecular formula is C20H32O3. The Balaban J connectivity index is 2.41. The summed E-state index contributed by atoms with van der Waals surface area (Å²) in [4.78, 5) is 12.3. The van der Waals surface area contributed by atoms with Crippen molar-refractivity contribution in [1.82, 2.24) is 0 Å². The smallest absolute Gasteiger partial charge is 0.165 e. The maximum Gasteiger partial charge on any atom is 0.165 e. The number of rotatable bonds is 13. The van der Waals surface area contributed by atoms with Gasteiger partial charge < -0.3 is 9.47 Å². The molecule has 130 valence electrons. The third-order valence-corrected chi connectivity index (χ3v) is 4.34. The number of carbonyl (C=O) groups excluding carboxylic acids is 1. The Morgan fingerprint density at radius 2 is 1.52 bits per heavy atom. The number of ether oxygens (including phenoxy) is 2. The summed E-state index contributed by atoms with van der Waals surface area (Å²) in [6.45, 7) is 2.23. The fourth-order valence-corrected chi connectivity index (χ4v) is 2.87. The molecule has 0 spiro atoms. The molecule has 23 heavy (non-hydrogen) atoms. The standard InChI is InChI=1S/C20H32O3/c1-4-5-6-7-8-12-15-19(22-2)20(23-3)16-18(21)17-13-10-9-11-14-17/h9-11,13-14,19-20H,4-8,12,15-16H2,1-3H3. The molecule has 0 radical (unpaired) electrons. The van der Waals surface area contributed by atoms with Gasteiger partial charge in [-0.05, 0) is 6.42 Å². The molecule has 0 saturated carbocycles. The summed E-state index contributed by atoms with van der Waals surface area (Å²) in [5, 5.41) is 0. The van der Waals surface area contributed by atoms with Crippen LogP contribution in [0.3, 0.4) is 0 Å². The Morgan fingerprint density at radius 1 is 0.913 bits per heavy atom. The Hall–Kier alpha value is -1.19. The zero-order valence-corrected chi connectivity index (χ0v) is 14.9. The molecule has 2 unspecified atom stereocenters. The molecule has 0 aliphatic rings. The van der Waals surface area contributed by atoms with Crippen molar-refractivity contribution in [2.24, 2.45) is 0 Å². The van der Waals surface area contributed by atoms with Crippen LogP contribution in [0.25, 0.3) is 0 Å². The number of hydrogen-bond donors (Lipinski definition) is 0. The van der Waals surface area contributed by atoms with Crippen molar-refractivity contribution >= 4 is 5.78 Å².